The number of fused-ring (bicyclic) bond motifs is 1. The van der Waals surface area contributed by atoms with Crippen LogP contribution in [-0.4, -0.2) is 30.5 Å². The van der Waals surface area contributed by atoms with Crippen LogP contribution in [0.15, 0.2) is 18.3 Å². The average Bonchev–Trinajstić information content (AvgIpc) is 2.73. The van der Waals surface area contributed by atoms with Crippen LogP contribution >= 0.6 is 0 Å². The number of nitrogens with zero attached hydrogens (tertiary/aromatic N) is 1. The lowest BCUT2D eigenvalue weighted by atomic mass is 10.0. The van der Waals surface area contributed by atoms with E-state index in [1.54, 1.807) is 6.20 Å². The van der Waals surface area contributed by atoms with Crippen molar-refractivity contribution >= 4 is 5.78 Å². The third-order valence-corrected chi connectivity index (χ3v) is 2.85. The fourth-order valence-electron chi connectivity index (χ4n) is 2.08. The number of carbonyl (C=O) groups is 1. The molecule has 0 aromatic carbocycles. The highest BCUT2D eigenvalue weighted by Crippen LogP contribution is 2.31. The molecule has 0 radical (unpaired) electrons. The van der Waals surface area contributed by atoms with Crippen LogP contribution in [0.25, 0.3) is 0 Å². The van der Waals surface area contributed by atoms with Gasteiger partial charge in [0, 0.05) is 12.7 Å². The molecule has 1 aliphatic rings. The third kappa shape index (κ3) is 2.28. The number of hydrogen-bond donors (Lipinski definition) is 1. The van der Waals surface area contributed by atoms with Gasteiger partial charge in [-0.1, -0.05) is 6.07 Å². The fourth-order valence-corrected chi connectivity index (χ4v) is 2.08. The molecule has 1 aromatic rings. The second kappa shape index (κ2) is 5.18. The van der Waals surface area contributed by atoms with E-state index in [0.29, 0.717) is 13.2 Å². The number of rotatable bonds is 5. The number of ether oxygens (including phenoxy) is 1. The summed E-state index contributed by atoms with van der Waals surface area (Å²) in [6.07, 6.45) is 3.54. The molecular weight excluding hydrogens is 204 g/mol. The first kappa shape index (κ1) is 11.2. The molecule has 0 fully saturated rings. The number of aryl methyl sites for hydroxylation is 1. The summed E-state index contributed by atoms with van der Waals surface area (Å²) in [5.74, 6) is 0.0416. The van der Waals surface area contributed by atoms with Crippen molar-refractivity contribution in [3.05, 3.63) is 29.6 Å². The van der Waals surface area contributed by atoms with Crippen molar-refractivity contribution in [3.8, 4) is 0 Å². The van der Waals surface area contributed by atoms with Crippen molar-refractivity contribution in [1.29, 1.82) is 0 Å². The molecule has 1 unspecified atom stereocenters. The molecule has 1 atom stereocenters. The Morgan fingerprint density at radius 1 is 1.62 bits per heavy atom. The smallest absolute Gasteiger partial charge is 0.167 e. The first-order valence-corrected chi connectivity index (χ1v) is 5.57. The highest BCUT2D eigenvalue weighted by Gasteiger charge is 2.29. The summed E-state index contributed by atoms with van der Waals surface area (Å²) in [7, 11) is 0. The number of carbonyl (C=O) groups excluding carboxylic acids is 1. The lowest BCUT2D eigenvalue weighted by Crippen LogP contribution is -2.19. The topological polar surface area (TPSA) is 65.2 Å². The Morgan fingerprint density at radius 2 is 2.50 bits per heavy atom. The summed E-state index contributed by atoms with van der Waals surface area (Å²) < 4.78 is 5.17. The van der Waals surface area contributed by atoms with E-state index >= 15 is 0 Å². The van der Waals surface area contributed by atoms with Crippen LogP contribution in [0.5, 0.6) is 0 Å². The third-order valence-electron chi connectivity index (χ3n) is 2.85. The highest BCUT2D eigenvalue weighted by atomic mass is 16.5. The molecule has 0 aliphatic heterocycles. The first-order valence-electron chi connectivity index (χ1n) is 5.57. The van der Waals surface area contributed by atoms with Crippen molar-refractivity contribution in [2.45, 2.75) is 18.8 Å². The van der Waals surface area contributed by atoms with Crippen molar-refractivity contribution in [3.63, 3.8) is 0 Å². The van der Waals surface area contributed by atoms with Gasteiger partial charge in [0.2, 0.25) is 0 Å². The monoisotopic (exact) mass is 220 g/mol. The summed E-state index contributed by atoms with van der Waals surface area (Å²) in [6, 6.07) is 3.95. The van der Waals surface area contributed by atoms with E-state index in [1.807, 2.05) is 12.1 Å². The minimum Gasteiger partial charge on any atom is -0.372 e. The van der Waals surface area contributed by atoms with Crippen LogP contribution in [0.4, 0.5) is 0 Å². The molecule has 1 heterocycles. The first-order chi connectivity index (χ1) is 7.83. The highest BCUT2D eigenvalue weighted by molar-refractivity contribution is 5.87. The normalized spacial score (nSPS) is 18.4. The van der Waals surface area contributed by atoms with E-state index in [1.165, 1.54) is 5.56 Å². The Bertz CT molecular complexity index is 379. The summed E-state index contributed by atoms with van der Waals surface area (Å²) in [6.45, 7) is 1.04. The molecule has 0 saturated heterocycles. The van der Waals surface area contributed by atoms with Gasteiger partial charge in [0.15, 0.2) is 5.78 Å². The van der Waals surface area contributed by atoms with Crippen LogP contribution < -0.4 is 5.73 Å². The minimum absolute atomic E-state index is 0.0750. The van der Waals surface area contributed by atoms with Gasteiger partial charge >= 0.3 is 0 Å². The Labute approximate surface area is 94.8 Å². The zero-order valence-electron chi connectivity index (χ0n) is 9.19. The number of nitrogens with two attached hydrogens (primary N) is 1. The molecule has 86 valence electrons. The molecule has 0 bridgehead atoms. The second-order valence-electron chi connectivity index (χ2n) is 3.95. The van der Waals surface area contributed by atoms with Gasteiger partial charge in [-0.05, 0) is 24.5 Å². The summed E-state index contributed by atoms with van der Waals surface area (Å²) >= 11 is 0. The van der Waals surface area contributed by atoms with Gasteiger partial charge in [-0.2, -0.15) is 0 Å². The van der Waals surface area contributed by atoms with Crippen LogP contribution in [-0.2, 0) is 16.0 Å². The van der Waals surface area contributed by atoms with Gasteiger partial charge in [-0.15, -0.1) is 0 Å². The number of hydrogen-bond acceptors (Lipinski definition) is 4. The van der Waals surface area contributed by atoms with E-state index in [9.17, 15) is 4.79 Å². The standard InChI is InChI=1S/C12H16N2O2/c13-5-7-16-8-11(15)10-4-3-9-2-1-6-14-12(9)10/h1-2,6,10H,3-5,7-8,13H2. The van der Waals surface area contributed by atoms with E-state index in [4.69, 9.17) is 10.5 Å². The molecule has 0 saturated carbocycles. The largest absolute Gasteiger partial charge is 0.372 e. The zero-order valence-corrected chi connectivity index (χ0v) is 9.19. The maximum atomic E-state index is 11.9. The Kier molecular flexibility index (Phi) is 3.64. The van der Waals surface area contributed by atoms with Gasteiger partial charge in [-0.25, -0.2) is 0 Å². The maximum absolute atomic E-state index is 11.9. The van der Waals surface area contributed by atoms with Gasteiger partial charge in [-0.3, -0.25) is 9.78 Å². The van der Waals surface area contributed by atoms with Crippen LogP contribution in [0, 0.1) is 0 Å². The van der Waals surface area contributed by atoms with Crippen LogP contribution in [0.3, 0.4) is 0 Å². The molecule has 0 amide bonds. The fraction of sp³-hybridized carbons (Fsp3) is 0.500. The number of pyridine rings is 1. The van der Waals surface area contributed by atoms with Gasteiger partial charge < -0.3 is 10.5 Å². The second-order valence-corrected chi connectivity index (χ2v) is 3.95. The predicted molar refractivity (Wildman–Crippen MR) is 60.2 cm³/mol. The Hall–Kier alpha value is -1.26. The quantitative estimate of drug-likeness (QED) is 0.740. The summed E-state index contributed by atoms with van der Waals surface area (Å²) in [5.41, 5.74) is 7.42. The Balaban J connectivity index is 1.99. The maximum Gasteiger partial charge on any atom is 0.167 e. The number of aromatic nitrogens is 1. The summed E-state index contributed by atoms with van der Waals surface area (Å²) in [5, 5.41) is 0. The van der Waals surface area contributed by atoms with E-state index in [0.717, 1.165) is 18.5 Å². The molecule has 4 heteroatoms. The number of Topliss-reactive ketones (excluding diaryl/α,β-unsaturated/α-hetero) is 1. The van der Waals surface area contributed by atoms with Crippen molar-refractivity contribution in [2.75, 3.05) is 19.8 Å². The molecule has 0 spiro atoms. The predicted octanol–water partition coefficient (Wildman–Crippen LogP) is 0.656. The zero-order chi connectivity index (χ0) is 11.4. The molecule has 2 N–H and O–H groups in total. The number of ketones is 1. The lowest BCUT2D eigenvalue weighted by molar-refractivity contribution is -0.125. The minimum atomic E-state index is -0.0750. The average molecular weight is 220 g/mol. The lowest BCUT2D eigenvalue weighted by Gasteiger charge is -2.09. The van der Waals surface area contributed by atoms with E-state index in [-0.39, 0.29) is 18.3 Å². The van der Waals surface area contributed by atoms with Gasteiger partial charge in [0.1, 0.15) is 6.61 Å². The van der Waals surface area contributed by atoms with Crippen LogP contribution in [0.2, 0.25) is 0 Å². The molecular formula is C12H16N2O2. The van der Waals surface area contributed by atoms with E-state index in [2.05, 4.69) is 4.98 Å². The molecule has 16 heavy (non-hydrogen) atoms. The molecule has 1 aromatic heterocycles. The molecule has 1 aliphatic carbocycles. The summed E-state index contributed by atoms with van der Waals surface area (Å²) in [4.78, 5) is 16.2. The van der Waals surface area contributed by atoms with E-state index < -0.39 is 0 Å². The molecule has 2 rings (SSSR count). The van der Waals surface area contributed by atoms with Crippen LogP contribution in [0.1, 0.15) is 23.6 Å². The molecule has 4 nitrogen and oxygen atoms in total. The van der Waals surface area contributed by atoms with Gasteiger partial charge in [0.25, 0.3) is 0 Å². The Morgan fingerprint density at radius 3 is 3.31 bits per heavy atom. The van der Waals surface area contributed by atoms with Crippen molar-refractivity contribution < 1.29 is 9.53 Å². The van der Waals surface area contributed by atoms with Crippen molar-refractivity contribution in [2.24, 2.45) is 5.73 Å². The van der Waals surface area contributed by atoms with Gasteiger partial charge in [0.05, 0.1) is 18.2 Å². The SMILES string of the molecule is NCCOCC(=O)C1CCc2cccnc21. The van der Waals surface area contributed by atoms with Crippen molar-refractivity contribution in [1.82, 2.24) is 4.98 Å².